The van der Waals surface area contributed by atoms with E-state index in [0.717, 1.165) is 7.54 Å². The maximum Gasteiger partial charge on any atom is 0.269 e. The molecule has 0 fully saturated rings. The van der Waals surface area contributed by atoms with Crippen molar-refractivity contribution in [3.63, 3.8) is 0 Å². The summed E-state index contributed by atoms with van der Waals surface area (Å²) in [5.74, 6) is 0. The van der Waals surface area contributed by atoms with E-state index in [4.69, 9.17) is 11.6 Å². The van der Waals surface area contributed by atoms with Crippen LogP contribution in [0.4, 0.5) is 0 Å². The van der Waals surface area contributed by atoms with Gasteiger partial charge in [0.05, 0.1) is 13.5 Å². The minimum absolute atomic E-state index is 0.217. The molecule has 2 heterocycles. The summed E-state index contributed by atoms with van der Waals surface area (Å²) in [6, 6.07) is 9.90. The number of rotatable bonds is 2. The number of hydrogen-bond donors (Lipinski definition) is 0. The van der Waals surface area contributed by atoms with Gasteiger partial charge in [0.25, 0.3) is 10.0 Å². The minimum atomic E-state index is -3.66. The van der Waals surface area contributed by atoms with Crippen molar-refractivity contribution in [2.45, 2.75) is 4.90 Å². The molecule has 0 aliphatic carbocycles. The van der Waals surface area contributed by atoms with E-state index in [-0.39, 0.29) is 4.90 Å². The summed E-state index contributed by atoms with van der Waals surface area (Å²) >= 11 is 8.24. The smallest absolute Gasteiger partial charge is 0.236 e. The Kier molecular flexibility index (Phi) is 3.47. The molecule has 0 bridgehead atoms. The average molecular weight is 419 g/mol. The van der Waals surface area contributed by atoms with Gasteiger partial charge in [0.1, 0.15) is 0 Å². The molecule has 3 rings (SSSR count). The number of hydrogen-bond acceptors (Lipinski definition) is 3. The zero-order valence-electron chi connectivity index (χ0n) is 9.99. The topological polar surface area (TPSA) is 52.0 Å². The van der Waals surface area contributed by atoms with E-state index in [9.17, 15) is 8.42 Å². The molecule has 20 heavy (non-hydrogen) atoms. The zero-order valence-corrected chi connectivity index (χ0v) is 13.7. The molecule has 0 amide bonds. The molecule has 1 aromatic carbocycles. The second-order valence-corrected chi connectivity index (χ2v) is 7.44. The Balaban J connectivity index is 2.29. The van der Waals surface area contributed by atoms with Gasteiger partial charge in [-0.05, 0) is 40.8 Å². The van der Waals surface area contributed by atoms with Crippen molar-refractivity contribution in [1.29, 1.82) is 0 Å². The molecule has 0 spiro atoms. The Morgan fingerprint density at radius 3 is 2.55 bits per heavy atom. The Hall–Kier alpha value is -1.12. The van der Waals surface area contributed by atoms with Gasteiger partial charge in [-0.2, -0.15) is 0 Å². The monoisotopic (exact) mass is 418 g/mol. The highest BCUT2D eigenvalue weighted by Crippen LogP contribution is 2.29. The number of benzene rings is 1. The zero-order chi connectivity index (χ0) is 14.3. The van der Waals surface area contributed by atoms with E-state index in [1.54, 1.807) is 42.6 Å². The van der Waals surface area contributed by atoms with E-state index in [1.807, 2.05) is 0 Å². The second kappa shape index (κ2) is 5.01. The predicted molar refractivity (Wildman–Crippen MR) is 86.5 cm³/mol. The third-order valence-electron chi connectivity index (χ3n) is 2.87. The van der Waals surface area contributed by atoms with Gasteiger partial charge in [-0.25, -0.2) is 17.4 Å². The lowest BCUT2D eigenvalue weighted by molar-refractivity contribution is 0.589. The SMILES string of the molecule is O=S(=O)(c1ccccc1)n1ccc2c(Cl)c(I)cnc21. The predicted octanol–water partition coefficient (Wildman–Crippen LogP) is 3.53. The van der Waals surface area contributed by atoms with Crippen molar-refractivity contribution in [1.82, 2.24) is 8.96 Å². The summed E-state index contributed by atoms with van der Waals surface area (Å²) in [4.78, 5) is 4.40. The number of pyridine rings is 1. The van der Waals surface area contributed by atoms with Gasteiger partial charge < -0.3 is 0 Å². The first-order valence-corrected chi connectivity index (χ1v) is 8.53. The van der Waals surface area contributed by atoms with Gasteiger partial charge in [0.2, 0.25) is 0 Å². The number of halogens is 2. The molecule has 4 nitrogen and oxygen atoms in total. The highest BCUT2D eigenvalue weighted by atomic mass is 127. The van der Waals surface area contributed by atoms with Gasteiger partial charge in [-0.1, -0.05) is 29.8 Å². The van der Waals surface area contributed by atoms with E-state index in [0.29, 0.717) is 16.1 Å². The quantitative estimate of drug-likeness (QED) is 0.598. The van der Waals surface area contributed by atoms with Crippen molar-refractivity contribution in [3.8, 4) is 0 Å². The van der Waals surface area contributed by atoms with Crippen LogP contribution >= 0.6 is 34.2 Å². The van der Waals surface area contributed by atoms with Gasteiger partial charge >= 0.3 is 0 Å². The van der Waals surface area contributed by atoms with E-state index in [1.165, 1.54) is 6.20 Å². The molecule has 7 heteroatoms. The molecule has 0 unspecified atom stereocenters. The molecule has 0 aliphatic heterocycles. The van der Waals surface area contributed by atoms with Crippen LogP contribution in [0.5, 0.6) is 0 Å². The Labute approximate surface area is 134 Å². The maximum atomic E-state index is 12.6. The summed E-state index contributed by atoms with van der Waals surface area (Å²) < 4.78 is 27.1. The standard InChI is InChI=1S/C13H8ClIN2O2S/c14-12-10-6-7-17(13(10)16-8-11(12)15)20(18,19)9-4-2-1-3-5-9/h1-8H. The van der Waals surface area contributed by atoms with Crippen LogP contribution < -0.4 is 0 Å². The van der Waals surface area contributed by atoms with Crippen LogP contribution in [0.15, 0.2) is 53.7 Å². The fourth-order valence-corrected chi connectivity index (χ4v) is 3.86. The molecule has 0 saturated heterocycles. The molecular weight excluding hydrogens is 411 g/mol. The third kappa shape index (κ3) is 2.11. The molecule has 3 aromatic rings. The van der Waals surface area contributed by atoms with Crippen molar-refractivity contribution >= 4 is 55.2 Å². The van der Waals surface area contributed by atoms with E-state index >= 15 is 0 Å². The van der Waals surface area contributed by atoms with Crippen LogP contribution in [-0.4, -0.2) is 17.4 Å². The lowest BCUT2D eigenvalue weighted by Crippen LogP contribution is -2.12. The normalized spacial score (nSPS) is 11.9. The minimum Gasteiger partial charge on any atom is -0.236 e. The molecule has 102 valence electrons. The molecule has 2 aromatic heterocycles. The summed E-state index contributed by atoms with van der Waals surface area (Å²) in [5.41, 5.74) is 0.333. The van der Waals surface area contributed by atoms with Crippen LogP contribution in [0.2, 0.25) is 5.02 Å². The molecule has 0 atom stereocenters. The summed E-state index contributed by atoms with van der Waals surface area (Å²) in [6.45, 7) is 0. The van der Waals surface area contributed by atoms with Gasteiger partial charge in [0, 0.05) is 17.8 Å². The molecule has 0 aliphatic rings. The average Bonchev–Trinajstić information content (AvgIpc) is 2.89. The summed E-state index contributed by atoms with van der Waals surface area (Å²) in [6.07, 6.45) is 3.03. The number of nitrogens with zero attached hydrogens (tertiary/aromatic N) is 2. The largest absolute Gasteiger partial charge is 0.269 e. The van der Waals surface area contributed by atoms with Gasteiger partial charge in [-0.15, -0.1) is 0 Å². The van der Waals surface area contributed by atoms with Crippen LogP contribution in [0.25, 0.3) is 11.0 Å². The molecule has 0 radical (unpaired) electrons. The Morgan fingerprint density at radius 2 is 1.85 bits per heavy atom. The van der Waals surface area contributed by atoms with Gasteiger partial charge in [-0.3, -0.25) is 0 Å². The summed E-state index contributed by atoms with van der Waals surface area (Å²) in [7, 11) is -3.66. The van der Waals surface area contributed by atoms with Crippen molar-refractivity contribution in [3.05, 3.63) is 57.4 Å². The first-order valence-electron chi connectivity index (χ1n) is 5.63. The maximum absolute atomic E-state index is 12.6. The van der Waals surface area contributed by atoms with Crippen molar-refractivity contribution in [2.24, 2.45) is 0 Å². The van der Waals surface area contributed by atoms with Crippen LogP contribution in [0.1, 0.15) is 0 Å². The highest BCUT2D eigenvalue weighted by Gasteiger charge is 2.20. The Bertz CT molecular complexity index is 891. The molecular formula is C13H8ClIN2O2S. The Morgan fingerprint density at radius 1 is 1.15 bits per heavy atom. The second-order valence-electron chi connectivity index (χ2n) is 4.09. The third-order valence-corrected chi connectivity index (χ3v) is 6.10. The van der Waals surface area contributed by atoms with E-state index < -0.39 is 10.0 Å². The molecule has 0 N–H and O–H groups in total. The number of aromatic nitrogens is 2. The van der Waals surface area contributed by atoms with Crippen LogP contribution in [-0.2, 0) is 10.0 Å². The van der Waals surface area contributed by atoms with Crippen molar-refractivity contribution in [2.75, 3.05) is 0 Å². The van der Waals surface area contributed by atoms with Gasteiger partial charge in [0.15, 0.2) is 5.65 Å². The van der Waals surface area contributed by atoms with Crippen LogP contribution in [0, 0.1) is 3.57 Å². The fourth-order valence-electron chi connectivity index (χ4n) is 1.91. The van der Waals surface area contributed by atoms with Crippen LogP contribution in [0.3, 0.4) is 0 Å². The fraction of sp³-hybridized carbons (Fsp3) is 0. The summed E-state index contributed by atoms with van der Waals surface area (Å²) in [5, 5.41) is 1.13. The lowest BCUT2D eigenvalue weighted by Gasteiger charge is -2.07. The number of fused-ring (bicyclic) bond motifs is 1. The first kappa shape index (κ1) is 13.8. The van der Waals surface area contributed by atoms with Crippen molar-refractivity contribution < 1.29 is 8.42 Å². The first-order chi connectivity index (χ1) is 9.51. The van der Waals surface area contributed by atoms with E-state index in [2.05, 4.69) is 27.6 Å². The molecule has 0 saturated carbocycles. The lowest BCUT2D eigenvalue weighted by atomic mass is 10.3. The highest BCUT2D eigenvalue weighted by molar-refractivity contribution is 14.1.